The van der Waals surface area contributed by atoms with Gasteiger partial charge in [-0.1, -0.05) is 31.5 Å². The van der Waals surface area contributed by atoms with Gasteiger partial charge in [0.05, 0.1) is 6.04 Å². The number of carbonyl (C=O) groups is 1. The summed E-state index contributed by atoms with van der Waals surface area (Å²) in [6, 6.07) is 5.99. The Bertz CT molecular complexity index is 371. The molecule has 0 aliphatic heterocycles. The highest BCUT2D eigenvalue weighted by atomic mass is 16.1. The van der Waals surface area contributed by atoms with Gasteiger partial charge in [-0.05, 0) is 38.4 Å². The van der Waals surface area contributed by atoms with Gasteiger partial charge in [0.2, 0.25) is 0 Å². The summed E-state index contributed by atoms with van der Waals surface area (Å²) in [6.07, 6.45) is 0.833. The van der Waals surface area contributed by atoms with E-state index in [0.717, 1.165) is 29.7 Å². The molecule has 2 nitrogen and oxygen atoms in total. The van der Waals surface area contributed by atoms with Crippen LogP contribution in [0, 0.1) is 13.8 Å². The Kier molecular flexibility index (Phi) is 4.69. The minimum atomic E-state index is -0.0505. The van der Waals surface area contributed by atoms with Crippen LogP contribution in [0.4, 0.5) is 0 Å². The third-order valence-electron chi connectivity index (χ3n) is 2.83. The summed E-state index contributed by atoms with van der Waals surface area (Å²) in [5.41, 5.74) is 3.06. The molecule has 1 atom stereocenters. The number of Topliss-reactive ketones (excluding diaryl/α,β-unsaturated/α-hetero) is 1. The highest BCUT2D eigenvalue weighted by Gasteiger charge is 2.18. The zero-order valence-electron chi connectivity index (χ0n) is 10.6. The average molecular weight is 219 g/mol. The fourth-order valence-electron chi connectivity index (χ4n) is 1.86. The molecule has 0 radical (unpaired) electrons. The van der Waals surface area contributed by atoms with Crippen molar-refractivity contribution in [3.05, 3.63) is 34.9 Å². The summed E-state index contributed by atoms with van der Waals surface area (Å²) in [5.74, 6) is 0.213. The molecule has 0 aromatic heterocycles. The topological polar surface area (TPSA) is 29.1 Å². The Labute approximate surface area is 98.1 Å². The van der Waals surface area contributed by atoms with Crippen molar-refractivity contribution in [2.45, 2.75) is 40.2 Å². The molecule has 0 fully saturated rings. The van der Waals surface area contributed by atoms with Crippen molar-refractivity contribution >= 4 is 5.78 Å². The lowest BCUT2D eigenvalue weighted by Gasteiger charge is -2.16. The van der Waals surface area contributed by atoms with Gasteiger partial charge in [0.1, 0.15) is 0 Å². The van der Waals surface area contributed by atoms with Gasteiger partial charge >= 0.3 is 0 Å². The zero-order chi connectivity index (χ0) is 12.1. The lowest BCUT2D eigenvalue weighted by molar-refractivity contribution is 0.0941. The molecule has 0 aliphatic rings. The van der Waals surface area contributed by atoms with E-state index in [1.54, 1.807) is 0 Å². The fourth-order valence-corrected chi connectivity index (χ4v) is 1.86. The van der Waals surface area contributed by atoms with Crippen LogP contribution in [0.15, 0.2) is 18.2 Å². The highest BCUT2D eigenvalue weighted by Crippen LogP contribution is 2.14. The van der Waals surface area contributed by atoms with Gasteiger partial charge in [0.25, 0.3) is 0 Å². The molecule has 1 unspecified atom stereocenters. The van der Waals surface area contributed by atoms with Crippen molar-refractivity contribution in [1.29, 1.82) is 0 Å². The van der Waals surface area contributed by atoms with Crippen molar-refractivity contribution in [1.82, 2.24) is 5.32 Å². The van der Waals surface area contributed by atoms with Crippen molar-refractivity contribution in [3.63, 3.8) is 0 Å². The molecule has 1 aromatic rings. The number of ketones is 1. The van der Waals surface area contributed by atoms with Gasteiger partial charge in [0.15, 0.2) is 5.78 Å². The van der Waals surface area contributed by atoms with E-state index in [2.05, 4.69) is 5.32 Å². The Hall–Kier alpha value is -1.15. The second-order valence-electron chi connectivity index (χ2n) is 4.20. The number of likely N-dealkylation sites (N-methyl/N-ethyl adjacent to an activating group) is 1. The first-order valence-corrected chi connectivity index (χ1v) is 5.95. The number of carbonyl (C=O) groups excluding carboxylic acids is 1. The standard InChI is InChI=1S/C14H21NO/c1-5-13(15-6-2)14(16)12-9-10(3)7-8-11(12)4/h7-9,13,15H,5-6H2,1-4H3. The summed E-state index contributed by atoms with van der Waals surface area (Å²) in [5, 5.41) is 3.23. The van der Waals surface area contributed by atoms with Gasteiger partial charge in [-0.15, -0.1) is 0 Å². The van der Waals surface area contributed by atoms with Crippen molar-refractivity contribution in [2.75, 3.05) is 6.54 Å². The predicted octanol–water partition coefficient (Wildman–Crippen LogP) is 2.87. The molecular weight excluding hydrogens is 198 g/mol. The lowest BCUT2D eigenvalue weighted by Crippen LogP contribution is -2.36. The number of hydrogen-bond donors (Lipinski definition) is 1. The number of benzene rings is 1. The first-order valence-electron chi connectivity index (χ1n) is 5.95. The molecule has 16 heavy (non-hydrogen) atoms. The van der Waals surface area contributed by atoms with Crippen LogP contribution in [0.25, 0.3) is 0 Å². The lowest BCUT2D eigenvalue weighted by atomic mass is 9.96. The van der Waals surface area contributed by atoms with E-state index in [4.69, 9.17) is 0 Å². The van der Waals surface area contributed by atoms with Crippen molar-refractivity contribution in [2.24, 2.45) is 0 Å². The minimum Gasteiger partial charge on any atom is -0.307 e. The fraction of sp³-hybridized carbons (Fsp3) is 0.500. The van der Waals surface area contributed by atoms with E-state index in [-0.39, 0.29) is 11.8 Å². The molecule has 2 heteroatoms. The maximum atomic E-state index is 12.3. The Morgan fingerprint density at radius 1 is 1.31 bits per heavy atom. The summed E-state index contributed by atoms with van der Waals surface area (Å²) < 4.78 is 0. The summed E-state index contributed by atoms with van der Waals surface area (Å²) in [7, 11) is 0. The number of nitrogens with one attached hydrogen (secondary N) is 1. The summed E-state index contributed by atoms with van der Waals surface area (Å²) in [4.78, 5) is 12.3. The van der Waals surface area contributed by atoms with Crippen LogP contribution in [0.3, 0.4) is 0 Å². The summed E-state index contributed by atoms with van der Waals surface area (Å²) in [6.45, 7) is 8.90. The van der Waals surface area contributed by atoms with E-state index in [0.29, 0.717) is 0 Å². The van der Waals surface area contributed by atoms with Crippen LogP contribution in [0.5, 0.6) is 0 Å². The SMILES string of the molecule is CCNC(CC)C(=O)c1cc(C)ccc1C. The molecular formula is C14H21NO. The number of hydrogen-bond acceptors (Lipinski definition) is 2. The summed E-state index contributed by atoms with van der Waals surface area (Å²) >= 11 is 0. The Balaban J connectivity index is 2.98. The van der Waals surface area contributed by atoms with Crippen LogP contribution < -0.4 is 5.32 Å². The monoisotopic (exact) mass is 219 g/mol. The molecule has 0 saturated heterocycles. The van der Waals surface area contributed by atoms with Crippen LogP contribution in [-0.2, 0) is 0 Å². The second-order valence-corrected chi connectivity index (χ2v) is 4.20. The van der Waals surface area contributed by atoms with Gasteiger partial charge in [0, 0.05) is 5.56 Å². The maximum Gasteiger partial charge on any atom is 0.179 e. The molecule has 0 spiro atoms. The van der Waals surface area contributed by atoms with Crippen LogP contribution in [0.1, 0.15) is 41.8 Å². The third-order valence-corrected chi connectivity index (χ3v) is 2.83. The van der Waals surface area contributed by atoms with E-state index in [9.17, 15) is 4.79 Å². The predicted molar refractivity (Wildman–Crippen MR) is 68.0 cm³/mol. The number of rotatable bonds is 5. The van der Waals surface area contributed by atoms with Crippen LogP contribution >= 0.6 is 0 Å². The second kappa shape index (κ2) is 5.80. The quantitative estimate of drug-likeness (QED) is 0.771. The van der Waals surface area contributed by atoms with E-state index in [1.807, 2.05) is 45.9 Å². The van der Waals surface area contributed by atoms with Gasteiger partial charge < -0.3 is 5.32 Å². The first kappa shape index (κ1) is 12.9. The molecule has 1 rings (SSSR count). The van der Waals surface area contributed by atoms with Crippen LogP contribution in [-0.4, -0.2) is 18.4 Å². The van der Waals surface area contributed by atoms with Crippen molar-refractivity contribution < 1.29 is 4.79 Å². The van der Waals surface area contributed by atoms with E-state index < -0.39 is 0 Å². The molecule has 0 heterocycles. The van der Waals surface area contributed by atoms with E-state index >= 15 is 0 Å². The van der Waals surface area contributed by atoms with Gasteiger partial charge in [-0.25, -0.2) is 0 Å². The van der Waals surface area contributed by atoms with Gasteiger partial charge in [-0.3, -0.25) is 4.79 Å². The largest absolute Gasteiger partial charge is 0.307 e. The minimum absolute atomic E-state index is 0.0505. The highest BCUT2D eigenvalue weighted by molar-refractivity contribution is 6.01. The molecule has 0 amide bonds. The molecule has 0 bridgehead atoms. The number of aryl methyl sites for hydroxylation is 2. The third kappa shape index (κ3) is 2.92. The Morgan fingerprint density at radius 3 is 2.56 bits per heavy atom. The molecule has 1 N–H and O–H groups in total. The molecule has 1 aromatic carbocycles. The van der Waals surface area contributed by atoms with Crippen LogP contribution in [0.2, 0.25) is 0 Å². The van der Waals surface area contributed by atoms with E-state index in [1.165, 1.54) is 0 Å². The molecule has 88 valence electrons. The molecule has 0 saturated carbocycles. The van der Waals surface area contributed by atoms with Crippen molar-refractivity contribution in [3.8, 4) is 0 Å². The molecule has 0 aliphatic carbocycles. The average Bonchev–Trinajstić information content (AvgIpc) is 2.28. The smallest absolute Gasteiger partial charge is 0.179 e. The van der Waals surface area contributed by atoms with Gasteiger partial charge in [-0.2, -0.15) is 0 Å². The normalized spacial score (nSPS) is 12.5. The first-order chi connectivity index (χ1) is 7.60. The zero-order valence-corrected chi connectivity index (χ0v) is 10.6. The maximum absolute atomic E-state index is 12.3. The Morgan fingerprint density at radius 2 is 2.00 bits per heavy atom.